The molecule has 4 aromatic rings. The summed E-state index contributed by atoms with van der Waals surface area (Å²) >= 11 is 15.0. The average Bonchev–Trinajstić information content (AvgIpc) is 3.23. The van der Waals surface area contributed by atoms with Crippen molar-refractivity contribution in [3.63, 3.8) is 0 Å². The van der Waals surface area contributed by atoms with Gasteiger partial charge in [0.15, 0.2) is 0 Å². The smallest absolute Gasteiger partial charge is 0.240 e. The number of hydrogen-bond donors (Lipinski definition) is 0. The first-order valence-corrected chi connectivity index (χ1v) is 14.2. The van der Waals surface area contributed by atoms with Crippen LogP contribution in [0.4, 0.5) is 5.69 Å². The van der Waals surface area contributed by atoms with Crippen LogP contribution < -0.4 is 9.64 Å². The Morgan fingerprint density at radius 1 is 0.625 bits per heavy atom. The van der Waals surface area contributed by atoms with Gasteiger partial charge in [-0.2, -0.15) is 0 Å². The summed E-state index contributed by atoms with van der Waals surface area (Å²) in [7, 11) is 0. The molecule has 40 heavy (non-hydrogen) atoms. The summed E-state index contributed by atoms with van der Waals surface area (Å²) in [5.41, 5.74) is 4.89. The number of hydrogen-bond acceptors (Lipinski definition) is 3. The minimum absolute atomic E-state index is 0.0532. The molecule has 4 aliphatic rings. The number of ether oxygens (including phenoxy) is 1. The van der Waals surface area contributed by atoms with Crippen molar-refractivity contribution in [3.8, 4) is 11.5 Å². The molecule has 0 spiro atoms. The standard InChI is InChI=1S/C34H27Cl2NO3/c1-32(2,3)20-12-16-22(17-13-20)40-23-18-14-21(15-19-23)37-30(38)28-29(31(37)39)34(36)25-9-5-4-8-24(25)33(28,35)26-10-6-7-11-27(26)34/h4-19,28-29H,1-3H3/t28-,29-,33?,34?/m1/s1. The highest BCUT2D eigenvalue weighted by molar-refractivity contribution is 6.38. The van der Waals surface area contributed by atoms with Gasteiger partial charge in [-0.3, -0.25) is 9.59 Å². The molecule has 3 aliphatic carbocycles. The monoisotopic (exact) mass is 567 g/mol. The quantitative estimate of drug-likeness (QED) is 0.187. The van der Waals surface area contributed by atoms with E-state index in [9.17, 15) is 9.59 Å². The van der Waals surface area contributed by atoms with Crippen molar-refractivity contribution in [2.75, 3.05) is 4.90 Å². The summed E-state index contributed by atoms with van der Waals surface area (Å²) < 4.78 is 6.04. The molecule has 1 fully saturated rings. The van der Waals surface area contributed by atoms with Crippen LogP contribution in [0.1, 0.15) is 48.6 Å². The van der Waals surface area contributed by atoms with Gasteiger partial charge in [0.05, 0.1) is 17.5 Å². The lowest BCUT2D eigenvalue weighted by Crippen LogP contribution is -2.57. The van der Waals surface area contributed by atoms with E-state index in [1.807, 2.05) is 60.7 Å². The van der Waals surface area contributed by atoms with Crippen LogP contribution in [-0.4, -0.2) is 11.8 Å². The Bertz CT molecular complexity index is 1570. The molecular weight excluding hydrogens is 541 g/mol. The number of rotatable bonds is 3. The molecule has 4 aromatic carbocycles. The molecule has 200 valence electrons. The Balaban J connectivity index is 1.24. The van der Waals surface area contributed by atoms with Crippen molar-refractivity contribution in [1.29, 1.82) is 0 Å². The third kappa shape index (κ3) is 3.27. The van der Waals surface area contributed by atoms with Crippen LogP contribution in [0.15, 0.2) is 97.1 Å². The molecule has 0 unspecified atom stereocenters. The van der Waals surface area contributed by atoms with Crippen molar-refractivity contribution in [1.82, 2.24) is 0 Å². The van der Waals surface area contributed by atoms with Gasteiger partial charge in [0.2, 0.25) is 11.8 Å². The van der Waals surface area contributed by atoms with Crippen LogP contribution in [-0.2, 0) is 24.8 Å². The van der Waals surface area contributed by atoms with E-state index in [0.717, 1.165) is 22.3 Å². The van der Waals surface area contributed by atoms with Crippen LogP contribution in [0.2, 0.25) is 0 Å². The predicted molar refractivity (Wildman–Crippen MR) is 157 cm³/mol. The second-order valence-electron chi connectivity index (χ2n) is 11.9. The van der Waals surface area contributed by atoms with Crippen LogP contribution in [0, 0.1) is 11.8 Å². The average molecular weight is 569 g/mol. The predicted octanol–water partition coefficient (Wildman–Crippen LogP) is 7.87. The third-order valence-corrected chi connectivity index (χ3v) is 9.92. The van der Waals surface area contributed by atoms with E-state index in [2.05, 4.69) is 32.9 Å². The van der Waals surface area contributed by atoms with E-state index in [0.29, 0.717) is 17.2 Å². The number of nitrogens with zero attached hydrogens (tertiary/aromatic N) is 1. The zero-order valence-corrected chi connectivity index (χ0v) is 23.8. The van der Waals surface area contributed by atoms with Gasteiger partial charge in [-0.25, -0.2) is 4.90 Å². The van der Waals surface area contributed by atoms with Crippen molar-refractivity contribution in [3.05, 3.63) is 125 Å². The lowest BCUT2D eigenvalue weighted by atomic mass is 9.54. The molecule has 2 amide bonds. The largest absolute Gasteiger partial charge is 0.457 e. The Morgan fingerprint density at radius 3 is 1.38 bits per heavy atom. The molecule has 0 saturated carbocycles. The first-order chi connectivity index (χ1) is 19.1. The van der Waals surface area contributed by atoms with Crippen molar-refractivity contribution in [2.24, 2.45) is 11.8 Å². The van der Waals surface area contributed by atoms with Crippen molar-refractivity contribution >= 4 is 40.7 Å². The molecule has 2 atom stereocenters. The minimum atomic E-state index is -1.20. The summed E-state index contributed by atoms with van der Waals surface area (Å²) in [6, 6.07) is 30.3. The van der Waals surface area contributed by atoms with Gasteiger partial charge < -0.3 is 4.74 Å². The van der Waals surface area contributed by atoms with E-state index < -0.39 is 21.6 Å². The summed E-state index contributed by atoms with van der Waals surface area (Å²) in [6.07, 6.45) is 0. The fourth-order valence-electron chi connectivity index (χ4n) is 6.74. The van der Waals surface area contributed by atoms with Gasteiger partial charge in [-0.1, -0.05) is 81.4 Å². The molecular formula is C34H27Cl2NO3. The molecule has 0 radical (unpaired) electrons. The number of alkyl halides is 2. The summed E-state index contributed by atoms with van der Waals surface area (Å²) in [4.78, 5) is 27.1. The molecule has 1 aliphatic heterocycles. The lowest BCUT2D eigenvalue weighted by molar-refractivity contribution is -0.122. The van der Waals surface area contributed by atoms with E-state index in [1.165, 1.54) is 10.5 Å². The van der Waals surface area contributed by atoms with Crippen LogP contribution in [0.25, 0.3) is 0 Å². The topological polar surface area (TPSA) is 46.6 Å². The highest BCUT2D eigenvalue weighted by Gasteiger charge is 2.73. The van der Waals surface area contributed by atoms with Crippen LogP contribution >= 0.6 is 23.2 Å². The first-order valence-electron chi connectivity index (χ1n) is 13.4. The molecule has 0 aromatic heterocycles. The van der Waals surface area contributed by atoms with Gasteiger partial charge in [0, 0.05) is 0 Å². The Labute approximate surface area is 243 Å². The van der Waals surface area contributed by atoms with E-state index >= 15 is 0 Å². The van der Waals surface area contributed by atoms with Crippen LogP contribution in [0.5, 0.6) is 11.5 Å². The fraction of sp³-hybridized carbons (Fsp3) is 0.235. The Hall–Kier alpha value is -3.60. The summed E-state index contributed by atoms with van der Waals surface area (Å²) in [6.45, 7) is 6.50. The molecule has 1 saturated heterocycles. The minimum Gasteiger partial charge on any atom is -0.457 e. The summed E-state index contributed by atoms with van der Waals surface area (Å²) in [5.74, 6) is -1.04. The van der Waals surface area contributed by atoms with Gasteiger partial charge in [-0.15, -0.1) is 23.2 Å². The molecule has 2 bridgehead atoms. The highest BCUT2D eigenvalue weighted by atomic mass is 35.5. The number of anilines is 1. The second kappa shape index (κ2) is 8.45. The van der Waals surface area contributed by atoms with Crippen LogP contribution in [0.3, 0.4) is 0 Å². The highest BCUT2D eigenvalue weighted by Crippen LogP contribution is 2.69. The van der Waals surface area contributed by atoms with E-state index in [1.54, 1.807) is 24.3 Å². The summed E-state index contributed by atoms with van der Waals surface area (Å²) in [5, 5.41) is 0. The molecule has 1 heterocycles. The van der Waals surface area contributed by atoms with Gasteiger partial charge >= 0.3 is 0 Å². The molecule has 6 heteroatoms. The first kappa shape index (κ1) is 25.4. The number of imide groups is 1. The van der Waals surface area contributed by atoms with E-state index in [-0.39, 0.29) is 17.2 Å². The zero-order chi connectivity index (χ0) is 28.0. The number of amides is 2. The Kier molecular flexibility index (Phi) is 5.36. The lowest BCUT2D eigenvalue weighted by Gasteiger charge is -2.54. The Morgan fingerprint density at radius 2 is 1.00 bits per heavy atom. The maximum atomic E-state index is 14.1. The molecule has 0 N–H and O–H groups in total. The number of carbonyl (C=O) groups is 2. The fourth-order valence-corrected chi connectivity index (χ4v) is 7.84. The SMILES string of the molecule is CC(C)(C)c1ccc(Oc2ccc(N3C(=O)[C@H]4[C@H](C3=O)C3(Cl)c5ccccc5C4(Cl)c4ccccc43)cc2)cc1. The van der Waals surface area contributed by atoms with Crippen molar-refractivity contribution in [2.45, 2.75) is 35.9 Å². The molecule has 8 rings (SSSR count). The van der Waals surface area contributed by atoms with Gasteiger partial charge in [0.1, 0.15) is 21.2 Å². The van der Waals surface area contributed by atoms with Gasteiger partial charge in [-0.05, 0) is 69.6 Å². The normalized spacial score (nSPS) is 26.4. The second-order valence-corrected chi connectivity index (χ2v) is 13.0. The zero-order valence-electron chi connectivity index (χ0n) is 22.3. The number of benzene rings is 4. The number of carbonyl (C=O) groups excluding carboxylic acids is 2. The molecule has 4 nitrogen and oxygen atoms in total. The van der Waals surface area contributed by atoms with E-state index in [4.69, 9.17) is 27.9 Å². The maximum absolute atomic E-state index is 14.1. The van der Waals surface area contributed by atoms with Crippen molar-refractivity contribution < 1.29 is 14.3 Å². The maximum Gasteiger partial charge on any atom is 0.240 e. The number of halogens is 2. The van der Waals surface area contributed by atoms with Gasteiger partial charge in [0.25, 0.3) is 0 Å². The third-order valence-electron chi connectivity index (χ3n) is 8.64.